The zero-order chi connectivity index (χ0) is 19.0. The van der Waals surface area contributed by atoms with Gasteiger partial charge < -0.3 is 20.0 Å². The number of furan rings is 1. The van der Waals surface area contributed by atoms with Gasteiger partial charge in [-0.2, -0.15) is 0 Å². The van der Waals surface area contributed by atoms with Crippen LogP contribution in [0.25, 0.3) is 0 Å². The maximum absolute atomic E-state index is 5.42. The number of aliphatic imine (C=N–C) groups is 1. The topological polar surface area (TPSA) is 65.7 Å². The van der Waals surface area contributed by atoms with Gasteiger partial charge in [0, 0.05) is 43.2 Å². The van der Waals surface area contributed by atoms with Crippen LogP contribution in [0.2, 0.25) is 0 Å². The summed E-state index contributed by atoms with van der Waals surface area (Å²) < 4.78 is 5.42. The smallest absolute Gasteiger partial charge is 0.191 e. The maximum atomic E-state index is 5.42. The van der Waals surface area contributed by atoms with E-state index in [4.69, 9.17) is 9.41 Å². The molecule has 0 aliphatic carbocycles. The predicted molar refractivity (Wildman–Crippen MR) is 114 cm³/mol. The number of hydrogen-bond donors (Lipinski definition) is 2. The van der Waals surface area contributed by atoms with Crippen molar-refractivity contribution in [3.8, 4) is 0 Å². The predicted octanol–water partition coefficient (Wildman–Crippen LogP) is 3.29. The molecule has 0 saturated carbocycles. The van der Waals surface area contributed by atoms with Crippen LogP contribution in [-0.4, -0.2) is 36.6 Å². The third kappa shape index (κ3) is 5.13. The van der Waals surface area contributed by atoms with Crippen LogP contribution in [0.4, 0.5) is 5.82 Å². The highest BCUT2D eigenvalue weighted by Gasteiger charge is 2.24. The van der Waals surface area contributed by atoms with E-state index in [-0.39, 0.29) is 0 Å². The summed E-state index contributed by atoms with van der Waals surface area (Å²) in [6.07, 6.45) is 5.45. The van der Waals surface area contributed by atoms with E-state index >= 15 is 0 Å². The lowest BCUT2D eigenvalue weighted by Crippen LogP contribution is -2.45. The first-order valence-electron chi connectivity index (χ1n) is 9.62. The van der Waals surface area contributed by atoms with Gasteiger partial charge >= 0.3 is 0 Å². The van der Waals surface area contributed by atoms with Gasteiger partial charge in [-0.3, -0.25) is 0 Å². The fourth-order valence-corrected chi connectivity index (χ4v) is 3.92. The van der Waals surface area contributed by atoms with Crippen molar-refractivity contribution in [2.45, 2.75) is 25.4 Å². The van der Waals surface area contributed by atoms with Crippen LogP contribution >= 0.6 is 11.3 Å². The minimum absolute atomic E-state index is 0.347. The molecule has 1 atom stereocenters. The molecule has 0 amide bonds. The molecule has 1 unspecified atom stereocenters. The largest absolute Gasteiger partial charge is 0.469 e. The summed E-state index contributed by atoms with van der Waals surface area (Å²) in [5.41, 5.74) is 0. The Hall–Kier alpha value is -2.80. The lowest BCUT2D eigenvalue weighted by molar-refractivity contribution is 0.506. The minimum Gasteiger partial charge on any atom is -0.469 e. The van der Waals surface area contributed by atoms with Gasteiger partial charge in [-0.25, -0.2) is 9.98 Å². The molecular formula is C21H25N5OS. The van der Waals surface area contributed by atoms with Crippen LogP contribution < -0.4 is 15.5 Å². The van der Waals surface area contributed by atoms with Crippen molar-refractivity contribution in [3.63, 3.8) is 0 Å². The van der Waals surface area contributed by atoms with Gasteiger partial charge in [-0.1, -0.05) is 12.1 Å². The van der Waals surface area contributed by atoms with E-state index in [2.05, 4.69) is 44.1 Å². The van der Waals surface area contributed by atoms with E-state index in [1.165, 1.54) is 4.88 Å². The van der Waals surface area contributed by atoms with E-state index < -0.39 is 0 Å². The van der Waals surface area contributed by atoms with Gasteiger partial charge in [-0.05, 0) is 42.1 Å². The number of aromatic nitrogens is 1. The summed E-state index contributed by atoms with van der Waals surface area (Å²) in [4.78, 5) is 12.8. The summed E-state index contributed by atoms with van der Waals surface area (Å²) >= 11 is 1.73. The van der Waals surface area contributed by atoms with E-state index in [9.17, 15) is 0 Å². The summed E-state index contributed by atoms with van der Waals surface area (Å²) in [7, 11) is 0. The van der Waals surface area contributed by atoms with Crippen LogP contribution in [0.15, 0.2) is 69.7 Å². The third-order valence-corrected chi connectivity index (χ3v) is 5.58. The molecule has 28 heavy (non-hydrogen) atoms. The Morgan fingerprint density at radius 2 is 2.25 bits per heavy atom. The molecule has 146 valence electrons. The zero-order valence-corrected chi connectivity index (χ0v) is 16.6. The van der Waals surface area contributed by atoms with E-state index in [1.54, 1.807) is 17.6 Å². The Morgan fingerprint density at radius 3 is 3.04 bits per heavy atom. The molecule has 4 heterocycles. The third-order valence-electron chi connectivity index (χ3n) is 4.72. The molecule has 1 fully saturated rings. The highest BCUT2D eigenvalue weighted by Crippen LogP contribution is 2.17. The number of nitrogens with one attached hydrogen (secondary N) is 2. The Morgan fingerprint density at radius 1 is 1.25 bits per heavy atom. The average molecular weight is 396 g/mol. The van der Waals surface area contributed by atoms with Crippen molar-refractivity contribution in [2.24, 2.45) is 4.99 Å². The summed E-state index contributed by atoms with van der Waals surface area (Å²) in [5.74, 6) is 2.87. The molecule has 3 aromatic heterocycles. The second-order valence-electron chi connectivity index (χ2n) is 6.76. The molecule has 0 aromatic carbocycles. The summed E-state index contributed by atoms with van der Waals surface area (Å²) in [5, 5.41) is 9.14. The van der Waals surface area contributed by atoms with Crippen molar-refractivity contribution < 1.29 is 4.42 Å². The standard InChI is InChI=1S/C21H25N5OS/c1-2-10-22-20(7-1)26-12-9-17(16-26)25-21(24-15-19-6-4-14-28-19)23-11-8-18-5-3-13-27-18/h1-7,10,13-14,17H,8-9,11-12,15-16H2,(H2,23,24,25). The molecule has 2 N–H and O–H groups in total. The van der Waals surface area contributed by atoms with Crippen LogP contribution in [0, 0.1) is 0 Å². The normalized spacial score (nSPS) is 17.1. The lowest BCUT2D eigenvalue weighted by atomic mass is 10.3. The van der Waals surface area contributed by atoms with Gasteiger partial charge in [0.2, 0.25) is 0 Å². The summed E-state index contributed by atoms with van der Waals surface area (Å²) in [6.45, 7) is 3.39. The molecule has 1 saturated heterocycles. The Labute approximate surface area is 169 Å². The van der Waals surface area contributed by atoms with Gasteiger partial charge in [0.15, 0.2) is 5.96 Å². The Bertz CT molecular complexity index is 848. The molecule has 0 bridgehead atoms. The van der Waals surface area contributed by atoms with E-state index in [1.807, 2.05) is 30.5 Å². The number of guanidine groups is 1. The highest BCUT2D eigenvalue weighted by atomic mass is 32.1. The zero-order valence-electron chi connectivity index (χ0n) is 15.8. The number of nitrogens with zero attached hydrogens (tertiary/aromatic N) is 3. The molecule has 1 aliphatic rings. The summed E-state index contributed by atoms with van der Waals surface area (Å²) in [6, 6.07) is 14.5. The molecule has 0 radical (unpaired) electrons. The van der Waals surface area contributed by atoms with E-state index in [0.29, 0.717) is 12.6 Å². The fourth-order valence-electron chi connectivity index (χ4n) is 3.29. The van der Waals surface area contributed by atoms with Crippen molar-refractivity contribution >= 4 is 23.1 Å². The van der Waals surface area contributed by atoms with Gasteiger partial charge in [0.1, 0.15) is 11.6 Å². The van der Waals surface area contributed by atoms with Crippen LogP contribution in [-0.2, 0) is 13.0 Å². The average Bonchev–Trinajstić information content (AvgIpc) is 3.49. The van der Waals surface area contributed by atoms with Gasteiger partial charge in [0.05, 0.1) is 12.8 Å². The Balaban J connectivity index is 1.35. The van der Waals surface area contributed by atoms with E-state index in [0.717, 1.165) is 50.0 Å². The number of anilines is 1. The SMILES string of the molecule is c1ccc(N2CCC(NC(=NCc3cccs3)NCCc3ccco3)C2)nc1. The van der Waals surface area contributed by atoms with Crippen molar-refractivity contribution in [1.29, 1.82) is 0 Å². The quantitative estimate of drug-likeness (QED) is 0.475. The van der Waals surface area contributed by atoms with Crippen LogP contribution in [0.3, 0.4) is 0 Å². The lowest BCUT2D eigenvalue weighted by Gasteiger charge is -2.19. The van der Waals surface area contributed by atoms with Crippen molar-refractivity contribution in [3.05, 3.63) is 70.9 Å². The second kappa shape index (κ2) is 9.41. The van der Waals surface area contributed by atoms with Gasteiger partial charge in [-0.15, -0.1) is 11.3 Å². The molecule has 4 rings (SSSR count). The molecule has 1 aliphatic heterocycles. The number of rotatable bonds is 7. The number of hydrogen-bond acceptors (Lipinski definition) is 5. The molecule has 7 heteroatoms. The fraction of sp³-hybridized carbons (Fsp3) is 0.333. The molecule has 3 aromatic rings. The second-order valence-corrected chi connectivity index (χ2v) is 7.80. The van der Waals surface area contributed by atoms with Crippen LogP contribution in [0.1, 0.15) is 17.1 Å². The molecular weight excluding hydrogens is 370 g/mol. The maximum Gasteiger partial charge on any atom is 0.191 e. The number of thiophene rings is 1. The first-order chi connectivity index (χ1) is 13.9. The van der Waals surface area contributed by atoms with Crippen molar-refractivity contribution in [1.82, 2.24) is 15.6 Å². The highest BCUT2D eigenvalue weighted by molar-refractivity contribution is 7.09. The molecule has 0 spiro atoms. The van der Waals surface area contributed by atoms with Crippen LogP contribution in [0.5, 0.6) is 0 Å². The first kappa shape index (κ1) is 18.6. The first-order valence-corrected chi connectivity index (χ1v) is 10.5. The molecule has 6 nitrogen and oxygen atoms in total. The Kier molecular flexibility index (Phi) is 6.24. The minimum atomic E-state index is 0.347. The van der Waals surface area contributed by atoms with Crippen molar-refractivity contribution in [2.75, 3.05) is 24.5 Å². The monoisotopic (exact) mass is 395 g/mol. The van der Waals surface area contributed by atoms with Gasteiger partial charge in [0.25, 0.3) is 0 Å². The number of pyridine rings is 1.